The number of amides is 9. The van der Waals surface area contributed by atoms with Gasteiger partial charge in [-0.1, -0.05) is 54.7 Å². The highest BCUT2D eigenvalue weighted by molar-refractivity contribution is 7.92. The van der Waals surface area contributed by atoms with Crippen LogP contribution >= 0.6 is 19.9 Å². The van der Waals surface area contributed by atoms with Crippen LogP contribution in [0.15, 0.2) is 95.9 Å². The van der Waals surface area contributed by atoms with Gasteiger partial charge < -0.3 is 51.1 Å². The number of likely N-dealkylation sites (N-methyl/N-ethyl adjacent to an activating group) is 1. The van der Waals surface area contributed by atoms with Gasteiger partial charge in [-0.15, -0.1) is 11.3 Å². The van der Waals surface area contributed by atoms with Crippen LogP contribution in [0.4, 0.5) is 14.5 Å². The van der Waals surface area contributed by atoms with Crippen LogP contribution in [-0.2, 0) is 67.2 Å². The summed E-state index contributed by atoms with van der Waals surface area (Å²) in [6, 6.07) is 16.4. The Balaban J connectivity index is 0.825. The SMILES string of the molecule is CCN1CC[C@H]2CC[C@@H](C(=O)N[C@@H](CCC(N)=O)C(=O)N[C@@H](Cc3ccc(NS(=O)(=O)c4ccc(C)cc4)cc3)C(=O)N3CCC(CCC#Cc4cccc5c4CN(C4CCC(=O)NC4=O)C5=O)CC3)N2C(=O)[C@@H](NC(=O)c2cc3cc(C(F)(F)OP(O)O)ccc3s2)C1. The average Bonchev–Trinajstić information content (AvgIpc) is 1.64. The molecular formula is C65H73F2N10O14PS2. The van der Waals surface area contributed by atoms with Gasteiger partial charge in [-0.05, 0) is 148 Å². The summed E-state index contributed by atoms with van der Waals surface area (Å²) >= 11 is 0.972. The number of nitrogens with two attached hydrogens (primary N) is 1. The van der Waals surface area contributed by atoms with E-state index in [1.54, 1.807) is 41.3 Å². The maximum absolute atomic E-state index is 14.9. The molecule has 4 saturated heterocycles. The number of likely N-dealkylation sites (tertiary alicyclic amines) is 1. The van der Waals surface area contributed by atoms with E-state index in [1.165, 1.54) is 46.2 Å². The van der Waals surface area contributed by atoms with E-state index in [4.69, 9.17) is 15.5 Å². The molecule has 6 heterocycles. The Hall–Kier alpha value is -8.29. The lowest BCUT2D eigenvalue weighted by molar-refractivity contribution is -0.189. The van der Waals surface area contributed by atoms with Crippen molar-refractivity contribution in [3.05, 3.63) is 129 Å². The number of carbonyl (C=O) groups excluding carboxylic acids is 9. The van der Waals surface area contributed by atoms with Crippen molar-refractivity contribution >= 4 is 98.9 Å². The van der Waals surface area contributed by atoms with E-state index in [2.05, 4.69) is 42.4 Å². The lowest BCUT2D eigenvalue weighted by atomic mass is 9.91. The summed E-state index contributed by atoms with van der Waals surface area (Å²) in [5.41, 5.74) is 8.42. The molecule has 0 aliphatic carbocycles. The van der Waals surface area contributed by atoms with Crippen LogP contribution in [0.25, 0.3) is 10.1 Å². The first-order valence-electron chi connectivity index (χ1n) is 31.1. The maximum atomic E-state index is 14.9. The molecule has 0 radical (unpaired) electrons. The van der Waals surface area contributed by atoms with E-state index < -0.39 is 108 Å². The predicted molar refractivity (Wildman–Crippen MR) is 342 cm³/mol. The summed E-state index contributed by atoms with van der Waals surface area (Å²) in [6.45, 7) is 5.62. The van der Waals surface area contributed by atoms with Gasteiger partial charge in [0.25, 0.3) is 21.8 Å². The summed E-state index contributed by atoms with van der Waals surface area (Å²) in [5, 5.41) is 11.0. The largest absolute Gasteiger partial charge is 0.389 e. The predicted octanol–water partition coefficient (Wildman–Crippen LogP) is 4.78. The van der Waals surface area contributed by atoms with Gasteiger partial charge in [0.2, 0.25) is 41.4 Å². The molecule has 0 saturated carbocycles. The molecule has 498 valence electrons. The van der Waals surface area contributed by atoms with Gasteiger partial charge in [0.1, 0.15) is 30.2 Å². The molecule has 5 aromatic rings. The minimum atomic E-state index is -4.05. The molecular weight excluding hydrogens is 1280 g/mol. The van der Waals surface area contributed by atoms with Gasteiger partial charge in [0.15, 0.2) is 0 Å². The fourth-order valence-electron chi connectivity index (χ4n) is 12.8. The Morgan fingerprint density at radius 1 is 0.894 bits per heavy atom. The smallest absolute Gasteiger partial charge is 0.370 e. The van der Waals surface area contributed by atoms with Crippen LogP contribution in [0.2, 0.25) is 0 Å². The summed E-state index contributed by atoms with van der Waals surface area (Å²) in [5.74, 6) is 1.42. The van der Waals surface area contributed by atoms with Crippen molar-refractivity contribution in [3.63, 3.8) is 0 Å². The van der Waals surface area contributed by atoms with Crippen molar-refractivity contribution in [2.24, 2.45) is 11.7 Å². The molecule has 1 unspecified atom stereocenters. The maximum Gasteiger partial charge on any atom is 0.389 e. The average molecular weight is 1350 g/mol. The number of nitrogens with one attached hydrogen (secondary N) is 5. The second-order valence-electron chi connectivity index (χ2n) is 24.2. The lowest BCUT2D eigenvalue weighted by Crippen LogP contribution is -2.62. The fraction of sp³-hybridized carbons (Fsp3) is 0.431. The highest BCUT2D eigenvalue weighted by atomic mass is 32.2. The molecule has 94 heavy (non-hydrogen) atoms. The number of imide groups is 1. The van der Waals surface area contributed by atoms with E-state index in [1.807, 2.05) is 24.8 Å². The van der Waals surface area contributed by atoms with Crippen molar-refractivity contribution in [1.82, 2.24) is 40.9 Å². The molecule has 10 rings (SSSR count). The number of halogens is 2. The van der Waals surface area contributed by atoms with Crippen LogP contribution in [0, 0.1) is 24.7 Å². The lowest BCUT2D eigenvalue weighted by Gasteiger charge is -2.38. The van der Waals surface area contributed by atoms with Crippen molar-refractivity contribution in [2.45, 2.75) is 145 Å². The van der Waals surface area contributed by atoms with E-state index >= 15 is 0 Å². The number of primary amides is 1. The third-order valence-electron chi connectivity index (χ3n) is 17.9. The molecule has 29 heteroatoms. The Labute approximate surface area is 546 Å². The summed E-state index contributed by atoms with van der Waals surface area (Å²) in [7, 11) is -7.37. The Morgan fingerprint density at radius 2 is 1.64 bits per heavy atom. The normalized spacial score (nSPS) is 20.3. The molecule has 6 atom stereocenters. The molecule has 4 fully saturated rings. The molecule has 5 aliphatic heterocycles. The summed E-state index contributed by atoms with van der Waals surface area (Å²) < 4.78 is 63.0. The van der Waals surface area contributed by atoms with Crippen LogP contribution in [-0.4, -0.2) is 160 Å². The van der Waals surface area contributed by atoms with Crippen LogP contribution in [0.3, 0.4) is 0 Å². The van der Waals surface area contributed by atoms with Gasteiger partial charge in [0.05, 0.1) is 15.3 Å². The number of piperidine rings is 2. The number of sulfonamides is 1. The summed E-state index contributed by atoms with van der Waals surface area (Å²) in [4.78, 5) is 148. The fourth-order valence-corrected chi connectivity index (χ4v) is 15.1. The Morgan fingerprint density at radius 3 is 2.34 bits per heavy atom. The standard InChI is InChI=1S/C65H73F2N10O14PS2/c1-3-74-30-29-45-18-22-53(77(45)64(86)51(37-74)71-61(83)55-35-42-34-43(15-24-54(42)93-55)65(66,67)91-92(87)88)60(82)69-49(21-25-56(68)78)58(80)70-50(33-40-13-16-44(17-14-40)73-94(89,90)46-19-11-38(2)12-20-46)63(85)75-31-27-39(28-32-75)7-4-5-8-41-9-6-10-47-48(41)36-76(62(47)84)52-23-26-57(79)72-59(52)81/h6,9-17,19-20,24,34-35,39,45,49-53,73,87-88H,3-4,7,18,21-23,25-33,36-37H2,1-2H3,(H2,68,78)(H,69,82)(H,70,80)(H,71,83)(H,72,79,81)/t45-,49+,50+,51+,52?,53+/m1/s1. The highest BCUT2D eigenvalue weighted by Crippen LogP contribution is 2.43. The van der Waals surface area contributed by atoms with E-state index in [-0.39, 0.29) is 90.2 Å². The van der Waals surface area contributed by atoms with Gasteiger partial charge in [0, 0.05) is 86.0 Å². The third kappa shape index (κ3) is 16.3. The third-order valence-corrected chi connectivity index (χ3v) is 20.8. The van der Waals surface area contributed by atoms with Crippen molar-refractivity contribution in [3.8, 4) is 11.8 Å². The van der Waals surface area contributed by atoms with Crippen molar-refractivity contribution in [1.29, 1.82) is 0 Å². The second kappa shape index (κ2) is 29.6. The Kier molecular flexibility index (Phi) is 21.6. The van der Waals surface area contributed by atoms with Crippen LogP contribution in [0.1, 0.15) is 125 Å². The minimum absolute atomic E-state index is 0.0519. The number of fused-ring (bicyclic) bond motifs is 3. The van der Waals surface area contributed by atoms with E-state index in [0.717, 1.165) is 34.6 Å². The van der Waals surface area contributed by atoms with Gasteiger partial charge in [-0.25, -0.2) is 12.9 Å². The van der Waals surface area contributed by atoms with Crippen LogP contribution in [0.5, 0.6) is 0 Å². The number of benzene rings is 4. The zero-order chi connectivity index (χ0) is 67.2. The molecule has 5 aliphatic rings. The number of carbonyl (C=O) groups is 9. The van der Waals surface area contributed by atoms with Crippen molar-refractivity contribution < 1.29 is 74.7 Å². The zero-order valence-corrected chi connectivity index (χ0v) is 54.1. The number of aryl methyl sites for hydroxylation is 1. The van der Waals surface area contributed by atoms with Gasteiger partial charge in [-0.2, -0.15) is 8.78 Å². The van der Waals surface area contributed by atoms with Gasteiger partial charge in [-0.3, -0.25) is 53.2 Å². The molecule has 4 aromatic carbocycles. The van der Waals surface area contributed by atoms with E-state index in [0.29, 0.717) is 86.1 Å². The molecule has 1 aromatic heterocycles. The molecule has 24 nitrogen and oxygen atoms in total. The van der Waals surface area contributed by atoms with Crippen LogP contribution < -0.4 is 31.7 Å². The minimum Gasteiger partial charge on any atom is -0.370 e. The summed E-state index contributed by atoms with van der Waals surface area (Å²) in [6.07, 6.45) is -0.968. The molecule has 9 amide bonds. The zero-order valence-electron chi connectivity index (χ0n) is 51.6. The van der Waals surface area contributed by atoms with E-state index in [9.17, 15) is 60.3 Å². The van der Waals surface area contributed by atoms with Crippen molar-refractivity contribution in [2.75, 3.05) is 37.4 Å². The first-order chi connectivity index (χ1) is 44.8. The number of anilines is 1. The van der Waals surface area contributed by atoms with Gasteiger partial charge >= 0.3 is 14.7 Å². The number of alkyl halides is 2. The quantitative estimate of drug-likeness (QED) is 0.0263. The number of thiophene rings is 1. The molecule has 9 N–H and O–H groups in total. The number of hydrogen-bond acceptors (Lipinski definition) is 16. The topological polar surface area (TPSA) is 337 Å². The molecule has 0 spiro atoms. The molecule has 0 bridgehead atoms. The first-order valence-corrected chi connectivity index (χ1v) is 34.6. The first kappa shape index (κ1) is 68.6. The highest BCUT2D eigenvalue weighted by Gasteiger charge is 2.47. The number of hydrogen-bond donors (Lipinski definition) is 8. The second-order valence-corrected chi connectivity index (χ2v) is 27.7. The Bertz CT molecular complexity index is 3930. The number of rotatable bonds is 22. The monoisotopic (exact) mass is 1350 g/mol. The number of nitrogens with zero attached hydrogens (tertiary/aromatic N) is 4.